The lowest BCUT2D eigenvalue weighted by molar-refractivity contribution is -0.162. The number of rotatable bonds is 8. The molecule has 1 fully saturated rings. The third kappa shape index (κ3) is 3.70. The minimum absolute atomic E-state index is 0.342. The van der Waals surface area contributed by atoms with E-state index < -0.39 is 11.4 Å². The molecule has 0 aromatic carbocycles. The average Bonchev–Trinajstić information content (AvgIpc) is 2.20. The largest absolute Gasteiger partial charge is 0.480 e. The molecule has 0 radical (unpaired) electrons. The van der Waals surface area contributed by atoms with Crippen molar-refractivity contribution in [2.24, 2.45) is 11.3 Å². The molecule has 1 rings (SSSR count). The van der Waals surface area contributed by atoms with Crippen LogP contribution < -0.4 is 5.32 Å². The van der Waals surface area contributed by atoms with Gasteiger partial charge in [0, 0.05) is 19.8 Å². The van der Waals surface area contributed by atoms with Gasteiger partial charge >= 0.3 is 5.97 Å². The summed E-state index contributed by atoms with van der Waals surface area (Å²) in [6.45, 7) is 5.95. The highest BCUT2D eigenvalue weighted by Gasteiger charge is 2.50. The van der Waals surface area contributed by atoms with E-state index in [-0.39, 0.29) is 5.91 Å². The van der Waals surface area contributed by atoms with Crippen molar-refractivity contribution < 1.29 is 19.4 Å². The first kappa shape index (κ1) is 15.0. The van der Waals surface area contributed by atoms with Crippen molar-refractivity contribution in [3.63, 3.8) is 0 Å². The summed E-state index contributed by atoms with van der Waals surface area (Å²) < 4.78 is 5.38. The number of carbonyl (C=O) groups excluding carboxylic acids is 1. The molecule has 0 saturated heterocycles. The van der Waals surface area contributed by atoms with Gasteiger partial charge in [0.25, 0.3) is 0 Å². The summed E-state index contributed by atoms with van der Waals surface area (Å²) in [4.78, 5) is 22.9. The summed E-state index contributed by atoms with van der Waals surface area (Å²) >= 11 is 0. The second-order valence-electron chi connectivity index (χ2n) is 5.32. The monoisotopic (exact) mass is 257 g/mol. The molecule has 1 saturated carbocycles. The molecule has 1 aliphatic carbocycles. The maximum Gasteiger partial charge on any atom is 0.319 e. The van der Waals surface area contributed by atoms with Gasteiger partial charge in [-0.2, -0.15) is 0 Å². The smallest absolute Gasteiger partial charge is 0.319 e. The molecule has 0 bridgehead atoms. The first-order valence-electron chi connectivity index (χ1n) is 6.58. The van der Waals surface area contributed by atoms with Crippen molar-refractivity contribution in [2.45, 2.75) is 39.5 Å². The SMILES string of the molecule is CC(C)COCCCNC(=O)C1(C(=O)O)CCC1. The van der Waals surface area contributed by atoms with E-state index in [0.717, 1.165) is 6.42 Å². The highest BCUT2D eigenvalue weighted by atomic mass is 16.5. The van der Waals surface area contributed by atoms with Gasteiger partial charge in [0.2, 0.25) is 5.91 Å². The zero-order chi connectivity index (χ0) is 13.6. The van der Waals surface area contributed by atoms with Gasteiger partial charge < -0.3 is 15.2 Å². The summed E-state index contributed by atoms with van der Waals surface area (Å²) in [6.07, 6.45) is 2.45. The molecule has 0 spiro atoms. The molecule has 2 N–H and O–H groups in total. The number of ether oxygens (including phenoxy) is 1. The van der Waals surface area contributed by atoms with E-state index in [1.54, 1.807) is 0 Å². The second-order valence-corrected chi connectivity index (χ2v) is 5.32. The Kier molecular flexibility index (Phi) is 5.59. The molecule has 5 nitrogen and oxygen atoms in total. The number of aliphatic carboxylic acids is 1. The van der Waals surface area contributed by atoms with Crippen LogP contribution in [0.5, 0.6) is 0 Å². The summed E-state index contributed by atoms with van der Waals surface area (Å²) in [5, 5.41) is 11.8. The third-order valence-corrected chi connectivity index (χ3v) is 3.25. The fourth-order valence-electron chi connectivity index (χ4n) is 1.93. The van der Waals surface area contributed by atoms with Gasteiger partial charge in [-0.1, -0.05) is 20.3 Å². The highest BCUT2D eigenvalue weighted by molar-refractivity contribution is 6.02. The number of hydrogen-bond donors (Lipinski definition) is 2. The number of carboxylic acids is 1. The second kappa shape index (κ2) is 6.73. The summed E-state index contributed by atoms with van der Waals surface area (Å²) in [5.41, 5.74) is -1.15. The van der Waals surface area contributed by atoms with Crippen molar-refractivity contribution in [1.29, 1.82) is 0 Å². The summed E-state index contributed by atoms with van der Waals surface area (Å²) in [7, 11) is 0. The van der Waals surface area contributed by atoms with Crippen LogP contribution in [0.15, 0.2) is 0 Å². The Balaban J connectivity index is 2.15. The van der Waals surface area contributed by atoms with Crippen LogP contribution in [-0.4, -0.2) is 36.7 Å². The average molecular weight is 257 g/mol. The highest BCUT2D eigenvalue weighted by Crippen LogP contribution is 2.41. The molecule has 0 aliphatic heterocycles. The molecule has 0 heterocycles. The maximum absolute atomic E-state index is 11.8. The molecular weight excluding hydrogens is 234 g/mol. The Morgan fingerprint density at radius 2 is 2.06 bits per heavy atom. The molecular formula is C13H23NO4. The fraction of sp³-hybridized carbons (Fsp3) is 0.846. The van der Waals surface area contributed by atoms with Crippen LogP contribution in [0.2, 0.25) is 0 Å². The van der Waals surface area contributed by atoms with Crippen molar-refractivity contribution in [3.8, 4) is 0 Å². The standard InChI is InChI=1S/C13H23NO4/c1-10(2)9-18-8-4-7-14-11(15)13(12(16)17)5-3-6-13/h10H,3-9H2,1-2H3,(H,14,15)(H,16,17). The van der Waals surface area contributed by atoms with E-state index in [1.807, 2.05) is 0 Å². The van der Waals surface area contributed by atoms with Crippen molar-refractivity contribution in [3.05, 3.63) is 0 Å². The number of amides is 1. The van der Waals surface area contributed by atoms with Gasteiger partial charge in [-0.15, -0.1) is 0 Å². The van der Waals surface area contributed by atoms with Crippen LogP contribution in [0.1, 0.15) is 39.5 Å². The van der Waals surface area contributed by atoms with Crippen LogP contribution in [0.4, 0.5) is 0 Å². The summed E-state index contributed by atoms with van der Waals surface area (Å²) in [5.74, 6) is -0.836. The van der Waals surface area contributed by atoms with E-state index in [2.05, 4.69) is 19.2 Å². The van der Waals surface area contributed by atoms with Gasteiger partial charge in [0.1, 0.15) is 5.41 Å². The van der Waals surface area contributed by atoms with Crippen molar-refractivity contribution in [1.82, 2.24) is 5.32 Å². The quantitative estimate of drug-likeness (QED) is 0.509. The molecule has 18 heavy (non-hydrogen) atoms. The predicted octanol–water partition coefficient (Wildman–Crippen LogP) is 1.42. The number of nitrogens with one attached hydrogen (secondary N) is 1. The Morgan fingerprint density at radius 1 is 1.39 bits per heavy atom. The van der Waals surface area contributed by atoms with Gasteiger partial charge in [-0.05, 0) is 25.2 Å². The molecule has 5 heteroatoms. The molecule has 0 aromatic rings. The number of hydrogen-bond acceptors (Lipinski definition) is 3. The minimum Gasteiger partial charge on any atom is -0.480 e. The lowest BCUT2D eigenvalue weighted by atomic mass is 9.68. The van der Waals surface area contributed by atoms with E-state index in [1.165, 1.54) is 0 Å². The van der Waals surface area contributed by atoms with Crippen LogP contribution in [0.3, 0.4) is 0 Å². The Bertz CT molecular complexity index is 297. The lowest BCUT2D eigenvalue weighted by Crippen LogP contribution is -2.51. The molecule has 0 aromatic heterocycles. The molecule has 104 valence electrons. The van der Waals surface area contributed by atoms with Crippen LogP contribution in [0, 0.1) is 11.3 Å². The van der Waals surface area contributed by atoms with Gasteiger partial charge in [0.15, 0.2) is 0 Å². The first-order chi connectivity index (χ1) is 8.49. The lowest BCUT2D eigenvalue weighted by Gasteiger charge is -2.35. The number of carbonyl (C=O) groups is 2. The third-order valence-electron chi connectivity index (χ3n) is 3.25. The predicted molar refractivity (Wildman–Crippen MR) is 67.2 cm³/mol. The molecule has 1 amide bonds. The zero-order valence-corrected chi connectivity index (χ0v) is 11.2. The maximum atomic E-state index is 11.8. The van der Waals surface area contributed by atoms with E-state index in [9.17, 15) is 9.59 Å². The molecule has 0 atom stereocenters. The van der Waals surface area contributed by atoms with Gasteiger partial charge in [0.05, 0.1) is 0 Å². The van der Waals surface area contributed by atoms with E-state index >= 15 is 0 Å². The normalized spacial score (nSPS) is 17.3. The van der Waals surface area contributed by atoms with Crippen LogP contribution in [0.25, 0.3) is 0 Å². The van der Waals surface area contributed by atoms with E-state index in [4.69, 9.17) is 9.84 Å². The van der Waals surface area contributed by atoms with Gasteiger partial charge in [-0.25, -0.2) is 0 Å². The van der Waals surface area contributed by atoms with Crippen molar-refractivity contribution >= 4 is 11.9 Å². The van der Waals surface area contributed by atoms with E-state index in [0.29, 0.717) is 44.9 Å². The molecule has 1 aliphatic rings. The Hall–Kier alpha value is -1.10. The summed E-state index contributed by atoms with van der Waals surface area (Å²) in [6, 6.07) is 0. The van der Waals surface area contributed by atoms with Crippen LogP contribution >= 0.6 is 0 Å². The topological polar surface area (TPSA) is 75.6 Å². The Labute approximate surface area is 108 Å². The fourth-order valence-corrected chi connectivity index (χ4v) is 1.93. The Morgan fingerprint density at radius 3 is 2.50 bits per heavy atom. The van der Waals surface area contributed by atoms with Crippen molar-refractivity contribution in [2.75, 3.05) is 19.8 Å². The molecule has 0 unspecified atom stereocenters. The minimum atomic E-state index is -1.15. The number of carboxylic acid groups (broad SMARTS) is 1. The van der Waals surface area contributed by atoms with Gasteiger partial charge in [-0.3, -0.25) is 9.59 Å². The van der Waals surface area contributed by atoms with Crippen LogP contribution in [-0.2, 0) is 14.3 Å². The first-order valence-corrected chi connectivity index (χ1v) is 6.58. The zero-order valence-electron chi connectivity index (χ0n) is 11.2.